The Bertz CT molecular complexity index is 524. The Morgan fingerprint density at radius 2 is 1.56 bits per heavy atom. The molecule has 0 unspecified atom stereocenters. The molecule has 0 heterocycles. The molecular weight excluding hydrogens is 333 g/mol. The Morgan fingerprint density at radius 1 is 0.944 bits per heavy atom. The van der Waals surface area contributed by atoms with Gasteiger partial charge in [-0.1, -0.05) is 38.1 Å². The van der Waals surface area contributed by atoms with Crippen molar-refractivity contribution in [2.45, 2.75) is 19.8 Å². The fourth-order valence-electron chi connectivity index (χ4n) is 1.64. The fourth-order valence-corrected chi connectivity index (χ4v) is 2.00. The molecule has 0 spiro atoms. The zero-order valence-corrected chi connectivity index (χ0v) is 12.8. The summed E-state index contributed by atoms with van der Waals surface area (Å²) >= 11 is 2.29. The van der Waals surface area contributed by atoms with E-state index in [1.807, 2.05) is 18.3 Å². The van der Waals surface area contributed by atoms with Crippen molar-refractivity contribution in [2.24, 2.45) is 4.99 Å². The normalized spacial score (nSPS) is 11.3. The summed E-state index contributed by atoms with van der Waals surface area (Å²) in [5.74, 6) is 0.576. The summed E-state index contributed by atoms with van der Waals surface area (Å²) in [4.78, 5) is 4.46. The fraction of sp³-hybridized carbons (Fsp3) is 0.188. The van der Waals surface area contributed by atoms with Gasteiger partial charge in [0.1, 0.15) is 0 Å². The van der Waals surface area contributed by atoms with Crippen LogP contribution >= 0.6 is 22.6 Å². The van der Waals surface area contributed by atoms with E-state index in [9.17, 15) is 0 Å². The number of halogens is 1. The summed E-state index contributed by atoms with van der Waals surface area (Å²) < 4.78 is 1.23. The minimum Gasteiger partial charge on any atom is -0.256 e. The second kappa shape index (κ2) is 6.14. The van der Waals surface area contributed by atoms with E-state index in [0.29, 0.717) is 5.92 Å². The molecule has 2 aromatic rings. The van der Waals surface area contributed by atoms with Crippen LogP contribution in [0.4, 0.5) is 5.69 Å². The van der Waals surface area contributed by atoms with E-state index in [1.54, 1.807) is 0 Å². The summed E-state index contributed by atoms with van der Waals surface area (Å²) in [7, 11) is 0. The molecule has 0 saturated heterocycles. The van der Waals surface area contributed by atoms with Crippen LogP contribution in [0.5, 0.6) is 0 Å². The third-order valence-electron chi connectivity index (χ3n) is 2.79. The van der Waals surface area contributed by atoms with Crippen LogP contribution in [0.15, 0.2) is 53.5 Å². The summed E-state index contributed by atoms with van der Waals surface area (Å²) in [5, 5.41) is 0. The quantitative estimate of drug-likeness (QED) is 0.536. The number of hydrogen-bond donors (Lipinski definition) is 0. The van der Waals surface area contributed by atoms with Gasteiger partial charge in [-0.05, 0) is 63.9 Å². The minimum absolute atomic E-state index is 0.576. The molecule has 2 rings (SSSR count). The predicted octanol–water partition coefficient (Wildman–Crippen LogP) is 5.17. The Hall–Kier alpha value is -1.16. The average molecular weight is 349 g/mol. The molecule has 0 saturated carbocycles. The van der Waals surface area contributed by atoms with Gasteiger partial charge in [0.2, 0.25) is 0 Å². The van der Waals surface area contributed by atoms with Crippen LogP contribution in [-0.4, -0.2) is 6.21 Å². The number of nitrogens with zero attached hydrogens (tertiary/aromatic N) is 1. The molecule has 0 fully saturated rings. The van der Waals surface area contributed by atoms with Gasteiger partial charge in [-0.25, -0.2) is 0 Å². The van der Waals surface area contributed by atoms with Gasteiger partial charge >= 0.3 is 0 Å². The maximum atomic E-state index is 4.46. The molecule has 0 aliphatic rings. The lowest BCUT2D eigenvalue weighted by Gasteiger charge is -2.04. The number of rotatable bonds is 3. The molecule has 92 valence electrons. The Morgan fingerprint density at radius 3 is 2.11 bits per heavy atom. The first-order valence-electron chi connectivity index (χ1n) is 6.05. The van der Waals surface area contributed by atoms with Gasteiger partial charge in [-0.3, -0.25) is 4.99 Å². The first-order chi connectivity index (χ1) is 8.65. The van der Waals surface area contributed by atoms with E-state index >= 15 is 0 Å². The van der Waals surface area contributed by atoms with Crippen molar-refractivity contribution in [1.82, 2.24) is 0 Å². The van der Waals surface area contributed by atoms with E-state index in [0.717, 1.165) is 11.3 Å². The molecule has 1 nitrogen and oxygen atoms in total. The van der Waals surface area contributed by atoms with Crippen LogP contribution in [0.3, 0.4) is 0 Å². The monoisotopic (exact) mass is 349 g/mol. The van der Waals surface area contributed by atoms with Crippen molar-refractivity contribution >= 4 is 34.5 Å². The van der Waals surface area contributed by atoms with Gasteiger partial charge in [0, 0.05) is 9.78 Å². The molecule has 0 atom stereocenters. The number of benzene rings is 2. The number of hydrogen-bond acceptors (Lipinski definition) is 1. The lowest BCUT2D eigenvalue weighted by Crippen LogP contribution is -1.87. The van der Waals surface area contributed by atoms with Gasteiger partial charge in [0.15, 0.2) is 0 Å². The van der Waals surface area contributed by atoms with Gasteiger partial charge in [-0.15, -0.1) is 0 Å². The van der Waals surface area contributed by atoms with Crippen LogP contribution in [0.25, 0.3) is 0 Å². The van der Waals surface area contributed by atoms with E-state index in [-0.39, 0.29) is 0 Å². The number of aliphatic imine (C=N–C) groups is 1. The van der Waals surface area contributed by atoms with Gasteiger partial charge in [0.25, 0.3) is 0 Å². The summed E-state index contributed by atoms with van der Waals surface area (Å²) in [6.07, 6.45) is 1.91. The van der Waals surface area contributed by atoms with Gasteiger partial charge in [-0.2, -0.15) is 0 Å². The third kappa shape index (κ3) is 3.67. The zero-order valence-electron chi connectivity index (χ0n) is 10.6. The molecule has 0 aliphatic heterocycles. The maximum absolute atomic E-state index is 4.46. The van der Waals surface area contributed by atoms with Crippen LogP contribution < -0.4 is 0 Å². The second-order valence-corrected chi connectivity index (χ2v) is 5.80. The van der Waals surface area contributed by atoms with E-state index in [4.69, 9.17) is 0 Å². The Kier molecular flexibility index (Phi) is 4.53. The van der Waals surface area contributed by atoms with Crippen molar-refractivity contribution < 1.29 is 0 Å². The van der Waals surface area contributed by atoms with Crippen molar-refractivity contribution in [3.05, 3.63) is 63.2 Å². The average Bonchev–Trinajstić information content (AvgIpc) is 2.38. The van der Waals surface area contributed by atoms with Crippen molar-refractivity contribution in [2.75, 3.05) is 0 Å². The first-order valence-corrected chi connectivity index (χ1v) is 7.12. The minimum atomic E-state index is 0.576. The molecule has 0 aliphatic carbocycles. The standard InChI is InChI=1S/C16H16IN/c1-12(2)14-5-3-13(4-6-14)11-18-16-9-7-15(17)8-10-16/h3-12H,1-2H3. The Labute approximate surface area is 122 Å². The van der Waals surface area contributed by atoms with Crippen LogP contribution in [-0.2, 0) is 0 Å². The highest BCUT2D eigenvalue weighted by Gasteiger charge is 1.97. The highest BCUT2D eigenvalue weighted by atomic mass is 127. The Balaban J connectivity index is 2.11. The molecule has 2 heteroatoms. The molecule has 0 radical (unpaired) electrons. The topological polar surface area (TPSA) is 12.4 Å². The van der Waals surface area contributed by atoms with Crippen molar-refractivity contribution in [3.63, 3.8) is 0 Å². The lowest BCUT2D eigenvalue weighted by atomic mass is 10.0. The van der Waals surface area contributed by atoms with Crippen LogP contribution in [0.1, 0.15) is 30.9 Å². The molecule has 0 bridgehead atoms. The largest absolute Gasteiger partial charge is 0.256 e. The van der Waals surface area contributed by atoms with E-state index in [2.05, 4.69) is 77.8 Å². The van der Waals surface area contributed by atoms with Crippen LogP contribution in [0.2, 0.25) is 0 Å². The van der Waals surface area contributed by atoms with Crippen molar-refractivity contribution in [3.8, 4) is 0 Å². The highest BCUT2D eigenvalue weighted by molar-refractivity contribution is 14.1. The predicted molar refractivity (Wildman–Crippen MR) is 86.9 cm³/mol. The van der Waals surface area contributed by atoms with Gasteiger partial charge in [0.05, 0.1) is 5.69 Å². The van der Waals surface area contributed by atoms with Gasteiger partial charge < -0.3 is 0 Å². The second-order valence-electron chi connectivity index (χ2n) is 4.56. The molecule has 0 aromatic heterocycles. The van der Waals surface area contributed by atoms with E-state index < -0.39 is 0 Å². The van der Waals surface area contributed by atoms with E-state index in [1.165, 1.54) is 9.13 Å². The highest BCUT2D eigenvalue weighted by Crippen LogP contribution is 2.16. The lowest BCUT2D eigenvalue weighted by molar-refractivity contribution is 0.866. The smallest absolute Gasteiger partial charge is 0.0630 e. The third-order valence-corrected chi connectivity index (χ3v) is 3.51. The van der Waals surface area contributed by atoms with Crippen LogP contribution in [0, 0.1) is 3.57 Å². The zero-order chi connectivity index (χ0) is 13.0. The molecule has 2 aromatic carbocycles. The first kappa shape index (κ1) is 13.3. The summed E-state index contributed by atoms with van der Waals surface area (Å²) in [6, 6.07) is 16.8. The summed E-state index contributed by atoms with van der Waals surface area (Å²) in [6.45, 7) is 4.41. The molecule has 0 amide bonds. The molecule has 0 N–H and O–H groups in total. The SMILES string of the molecule is CC(C)c1ccc(C=Nc2ccc(I)cc2)cc1. The maximum Gasteiger partial charge on any atom is 0.0630 e. The molecule has 18 heavy (non-hydrogen) atoms. The summed E-state index contributed by atoms with van der Waals surface area (Å²) in [5.41, 5.74) is 3.49. The van der Waals surface area contributed by atoms with Crippen molar-refractivity contribution in [1.29, 1.82) is 0 Å². The molecular formula is C16H16IN.